The second-order valence-corrected chi connectivity index (χ2v) is 7.68. The molecule has 1 aromatic carbocycles. The predicted molar refractivity (Wildman–Crippen MR) is 128 cm³/mol. The van der Waals surface area contributed by atoms with Crippen LogP contribution in [0.1, 0.15) is 23.2 Å². The molecule has 166 valence electrons. The Hall–Kier alpha value is -2.25. The van der Waals surface area contributed by atoms with E-state index in [0.29, 0.717) is 18.7 Å². The van der Waals surface area contributed by atoms with Gasteiger partial charge in [-0.25, -0.2) is 4.98 Å². The molecule has 4 rings (SSSR count). The monoisotopic (exact) mass is 462 g/mol. The van der Waals surface area contributed by atoms with Gasteiger partial charge in [0.05, 0.1) is 23.4 Å². The highest BCUT2D eigenvalue weighted by Gasteiger charge is 2.32. The van der Waals surface area contributed by atoms with Crippen LogP contribution in [-0.2, 0) is 4.74 Å². The Morgan fingerprint density at radius 2 is 1.94 bits per heavy atom. The summed E-state index contributed by atoms with van der Waals surface area (Å²) in [5.41, 5.74) is 3.05. The maximum atomic E-state index is 13.2. The number of halogens is 2. The molecule has 0 saturated carbocycles. The van der Waals surface area contributed by atoms with E-state index >= 15 is 0 Å². The van der Waals surface area contributed by atoms with Gasteiger partial charge in [-0.05, 0) is 50.2 Å². The highest BCUT2D eigenvalue weighted by atomic mass is 35.5. The first-order valence-corrected chi connectivity index (χ1v) is 9.99. The van der Waals surface area contributed by atoms with Gasteiger partial charge in [0.2, 0.25) is 0 Å². The van der Waals surface area contributed by atoms with Crippen LogP contribution in [0.5, 0.6) is 0 Å². The van der Waals surface area contributed by atoms with Crippen molar-refractivity contribution in [1.29, 1.82) is 0 Å². The first-order chi connectivity index (χ1) is 14.2. The summed E-state index contributed by atoms with van der Waals surface area (Å²) in [4.78, 5) is 22.1. The SMILES string of the molecule is COCC1(CNC(=O)c2cc(-c3cccnc3)nc3ccccc23)CCNCC1.Cl.Cl. The molecule has 2 aromatic heterocycles. The number of nitrogens with one attached hydrogen (secondary N) is 2. The van der Waals surface area contributed by atoms with Crippen LogP contribution >= 0.6 is 24.8 Å². The molecule has 0 spiro atoms. The Labute approximate surface area is 195 Å². The summed E-state index contributed by atoms with van der Waals surface area (Å²) in [7, 11) is 1.72. The number of amides is 1. The first kappa shape index (κ1) is 25.0. The maximum absolute atomic E-state index is 13.2. The fourth-order valence-electron chi connectivity index (χ4n) is 4.02. The van der Waals surface area contributed by atoms with Crippen LogP contribution in [0.15, 0.2) is 54.9 Å². The molecule has 1 aliphatic rings. The third-order valence-electron chi connectivity index (χ3n) is 5.66. The number of ether oxygens (including phenoxy) is 1. The van der Waals surface area contributed by atoms with E-state index in [0.717, 1.165) is 48.1 Å². The molecular formula is C23H28Cl2N4O2. The summed E-state index contributed by atoms with van der Waals surface area (Å²) in [5, 5.41) is 7.41. The number of benzene rings is 1. The van der Waals surface area contributed by atoms with E-state index in [1.165, 1.54) is 0 Å². The number of methoxy groups -OCH3 is 1. The first-order valence-electron chi connectivity index (χ1n) is 9.99. The Balaban J connectivity index is 0.00000171. The largest absolute Gasteiger partial charge is 0.384 e. The summed E-state index contributed by atoms with van der Waals surface area (Å²) in [6.45, 7) is 3.14. The number of aromatic nitrogens is 2. The van der Waals surface area contributed by atoms with Gasteiger partial charge in [0.25, 0.3) is 5.91 Å². The number of piperidine rings is 1. The van der Waals surface area contributed by atoms with Crippen LogP contribution < -0.4 is 10.6 Å². The van der Waals surface area contributed by atoms with Crippen LogP contribution in [-0.4, -0.2) is 49.2 Å². The Morgan fingerprint density at radius 3 is 2.65 bits per heavy atom. The van der Waals surface area contributed by atoms with E-state index < -0.39 is 0 Å². The average molecular weight is 463 g/mol. The van der Waals surface area contributed by atoms with Crippen LogP contribution in [0.25, 0.3) is 22.2 Å². The minimum Gasteiger partial charge on any atom is -0.384 e. The zero-order valence-corrected chi connectivity index (χ0v) is 19.1. The van der Waals surface area contributed by atoms with Gasteiger partial charge >= 0.3 is 0 Å². The summed E-state index contributed by atoms with van der Waals surface area (Å²) in [6.07, 6.45) is 5.46. The summed E-state index contributed by atoms with van der Waals surface area (Å²) >= 11 is 0. The van der Waals surface area contributed by atoms with Crippen molar-refractivity contribution in [1.82, 2.24) is 20.6 Å². The number of rotatable bonds is 6. The summed E-state index contributed by atoms with van der Waals surface area (Å²) in [6, 6.07) is 13.4. The molecule has 31 heavy (non-hydrogen) atoms. The molecule has 0 radical (unpaired) electrons. The van der Waals surface area contributed by atoms with Gasteiger partial charge < -0.3 is 15.4 Å². The minimum absolute atomic E-state index is 0. The third-order valence-corrected chi connectivity index (χ3v) is 5.66. The Bertz CT molecular complexity index is 990. The van der Waals surface area contributed by atoms with E-state index in [1.807, 2.05) is 42.5 Å². The molecule has 1 amide bonds. The van der Waals surface area contributed by atoms with Crippen LogP contribution in [0.2, 0.25) is 0 Å². The molecule has 0 atom stereocenters. The topological polar surface area (TPSA) is 76.1 Å². The van der Waals surface area contributed by atoms with Crippen molar-refractivity contribution < 1.29 is 9.53 Å². The van der Waals surface area contributed by atoms with Gasteiger partial charge in [-0.1, -0.05) is 18.2 Å². The molecule has 6 nitrogen and oxygen atoms in total. The quantitative estimate of drug-likeness (QED) is 0.580. The van der Waals surface area contributed by atoms with Gasteiger partial charge in [0, 0.05) is 42.4 Å². The highest BCUT2D eigenvalue weighted by molar-refractivity contribution is 6.07. The second-order valence-electron chi connectivity index (χ2n) is 7.68. The van der Waals surface area contributed by atoms with E-state index in [-0.39, 0.29) is 36.1 Å². The van der Waals surface area contributed by atoms with Gasteiger partial charge in [-0.2, -0.15) is 0 Å². The summed E-state index contributed by atoms with van der Waals surface area (Å²) in [5.74, 6) is -0.0808. The fraction of sp³-hybridized carbons (Fsp3) is 0.348. The molecule has 1 saturated heterocycles. The number of hydrogen-bond acceptors (Lipinski definition) is 5. The van der Waals surface area contributed by atoms with Crippen LogP contribution in [0.4, 0.5) is 0 Å². The van der Waals surface area contributed by atoms with E-state index in [1.54, 1.807) is 19.5 Å². The molecule has 0 aliphatic carbocycles. The van der Waals surface area contributed by atoms with E-state index in [9.17, 15) is 4.79 Å². The molecule has 0 unspecified atom stereocenters. The van der Waals surface area contributed by atoms with Crippen molar-refractivity contribution in [2.75, 3.05) is 33.4 Å². The molecule has 2 N–H and O–H groups in total. The molecule has 3 heterocycles. The molecule has 8 heteroatoms. The third kappa shape index (κ3) is 5.71. The Kier molecular flexibility index (Phi) is 9.19. The van der Waals surface area contributed by atoms with Crippen LogP contribution in [0, 0.1) is 5.41 Å². The molecular weight excluding hydrogens is 435 g/mol. The molecule has 3 aromatic rings. The van der Waals surface area contributed by atoms with E-state index in [2.05, 4.69) is 15.6 Å². The van der Waals surface area contributed by atoms with Gasteiger partial charge in [0.1, 0.15) is 0 Å². The van der Waals surface area contributed by atoms with Crippen molar-refractivity contribution in [2.45, 2.75) is 12.8 Å². The zero-order chi connectivity index (χ0) is 20.1. The molecule has 0 bridgehead atoms. The number of nitrogens with zero attached hydrogens (tertiary/aromatic N) is 2. The number of hydrogen-bond donors (Lipinski definition) is 2. The van der Waals surface area contributed by atoms with Gasteiger partial charge in [0.15, 0.2) is 0 Å². The number of carbonyl (C=O) groups is 1. The molecule has 1 fully saturated rings. The van der Waals surface area contributed by atoms with Crippen molar-refractivity contribution in [3.05, 3.63) is 60.4 Å². The minimum atomic E-state index is -0.0808. The van der Waals surface area contributed by atoms with E-state index in [4.69, 9.17) is 9.72 Å². The number of fused-ring (bicyclic) bond motifs is 1. The van der Waals surface area contributed by atoms with Crippen molar-refractivity contribution in [3.8, 4) is 11.3 Å². The lowest BCUT2D eigenvalue weighted by Crippen LogP contribution is -2.47. The molecule has 1 aliphatic heterocycles. The van der Waals surface area contributed by atoms with Crippen LogP contribution in [0.3, 0.4) is 0 Å². The zero-order valence-electron chi connectivity index (χ0n) is 17.5. The predicted octanol–water partition coefficient (Wildman–Crippen LogP) is 3.89. The van der Waals surface area contributed by atoms with Crippen molar-refractivity contribution in [2.24, 2.45) is 5.41 Å². The van der Waals surface area contributed by atoms with Crippen molar-refractivity contribution in [3.63, 3.8) is 0 Å². The smallest absolute Gasteiger partial charge is 0.252 e. The number of pyridine rings is 2. The average Bonchev–Trinajstić information content (AvgIpc) is 2.78. The summed E-state index contributed by atoms with van der Waals surface area (Å²) < 4.78 is 5.47. The van der Waals surface area contributed by atoms with Gasteiger partial charge in [-0.3, -0.25) is 9.78 Å². The Morgan fingerprint density at radius 1 is 1.16 bits per heavy atom. The highest BCUT2D eigenvalue weighted by Crippen LogP contribution is 2.29. The second kappa shape index (κ2) is 11.4. The lowest BCUT2D eigenvalue weighted by Gasteiger charge is -2.37. The lowest BCUT2D eigenvalue weighted by molar-refractivity contribution is 0.0512. The maximum Gasteiger partial charge on any atom is 0.252 e. The lowest BCUT2D eigenvalue weighted by atomic mass is 9.79. The number of para-hydroxylation sites is 1. The van der Waals surface area contributed by atoms with Gasteiger partial charge in [-0.15, -0.1) is 24.8 Å². The normalized spacial score (nSPS) is 14.9. The number of carbonyl (C=O) groups excluding carboxylic acids is 1. The van der Waals surface area contributed by atoms with Crippen molar-refractivity contribution >= 4 is 41.6 Å². The fourth-order valence-corrected chi connectivity index (χ4v) is 4.02. The standard InChI is InChI=1S/C23H26N4O2.2ClH/c1-29-16-23(8-11-24-12-9-23)15-26-22(28)19-13-21(17-5-4-10-25-14-17)27-20-7-3-2-6-18(19)20;;/h2-7,10,13-14,24H,8-9,11-12,15-16H2,1H3,(H,26,28);2*1H.